The molecule has 3 atom stereocenters. The fourth-order valence-electron chi connectivity index (χ4n) is 4.01. The molecule has 4 rings (SSSR count). The molecule has 0 aromatic carbocycles. The van der Waals surface area contributed by atoms with Gasteiger partial charge in [0.1, 0.15) is 28.4 Å². The third-order valence-electron chi connectivity index (χ3n) is 5.53. The van der Waals surface area contributed by atoms with Gasteiger partial charge in [-0.15, -0.1) is 0 Å². The first-order chi connectivity index (χ1) is 13.9. The topological polar surface area (TPSA) is 130 Å². The number of aliphatic carboxylic acids is 1. The van der Waals surface area contributed by atoms with E-state index in [0.717, 1.165) is 25.2 Å². The molecule has 0 spiro atoms. The molecule has 8 nitrogen and oxygen atoms in total. The van der Waals surface area contributed by atoms with Crippen LogP contribution in [0.1, 0.15) is 26.2 Å². The number of rotatable bonds is 4. The van der Waals surface area contributed by atoms with Crippen LogP contribution in [0.25, 0.3) is 22.3 Å². The lowest BCUT2D eigenvalue weighted by Crippen LogP contribution is -2.42. The molecule has 1 fully saturated rings. The highest BCUT2D eigenvalue weighted by Crippen LogP contribution is 2.36. The summed E-state index contributed by atoms with van der Waals surface area (Å²) in [6, 6.07) is 0.730. The smallest absolute Gasteiger partial charge is 0.308 e. The Kier molecular flexibility index (Phi) is 4.77. The van der Waals surface area contributed by atoms with Gasteiger partial charge >= 0.3 is 5.97 Å². The molecular weight excluding hydrogens is 382 g/mol. The van der Waals surface area contributed by atoms with Crippen molar-refractivity contribution in [3.63, 3.8) is 0 Å². The first-order valence-electron chi connectivity index (χ1n) is 9.30. The number of nitrogens with one attached hydrogen (secondary N) is 2. The Balaban J connectivity index is 1.79. The summed E-state index contributed by atoms with van der Waals surface area (Å²) in [5, 5.41) is 19.5. The van der Waals surface area contributed by atoms with E-state index >= 15 is 0 Å². The predicted octanol–water partition coefficient (Wildman–Crippen LogP) is 3.18. The van der Waals surface area contributed by atoms with Crippen LogP contribution in [-0.4, -0.2) is 37.3 Å². The Morgan fingerprint density at radius 1 is 1.31 bits per heavy atom. The van der Waals surface area contributed by atoms with E-state index in [9.17, 15) is 18.7 Å². The van der Waals surface area contributed by atoms with Gasteiger partial charge in [0.05, 0.1) is 24.0 Å². The number of carboxylic acid groups (broad SMARTS) is 1. The molecule has 0 amide bonds. The van der Waals surface area contributed by atoms with E-state index in [1.165, 1.54) is 6.07 Å². The van der Waals surface area contributed by atoms with Crippen LogP contribution in [0.15, 0.2) is 18.5 Å². The van der Waals surface area contributed by atoms with Crippen LogP contribution in [-0.2, 0) is 4.79 Å². The number of H-pyrrole nitrogens is 1. The van der Waals surface area contributed by atoms with E-state index in [0.29, 0.717) is 6.42 Å². The molecule has 152 valence electrons. The number of anilines is 2. The summed E-state index contributed by atoms with van der Waals surface area (Å²) in [4.78, 5) is 19.5. The van der Waals surface area contributed by atoms with Crippen molar-refractivity contribution in [1.82, 2.24) is 20.2 Å². The number of nitrogen functional groups attached to an aromatic ring is 1. The lowest BCUT2D eigenvalue weighted by Gasteiger charge is -2.35. The van der Waals surface area contributed by atoms with Gasteiger partial charge in [-0.3, -0.25) is 9.89 Å². The van der Waals surface area contributed by atoms with Crippen LogP contribution >= 0.6 is 0 Å². The molecule has 10 heteroatoms. The summed E-state index contributed by atoms with van der Waals surface area (Å²) < 4.78 is 28.3. The van der Waals surface area contributed by atoms with Gasteiger partial charge in [0.2, 0.25) is 0 Å². The number of fused-ring (bicyclic) bond motifs is 1. The van der Waals surface area contributed by atoms with Crippen molar-refractivity contribution >= 4 is 28.5 Å². The fraction of sp³-hybridized carbons (Fsp3) is 0.368. The van der Waals surface area contributed by atoms with E-state index in [1.54, 1.807) is 0 Å². The lowest BCUT2D eigenvalue weighted by atomic mass is 9.77. The Labute approximate surface area is 164 Å². The SMILES string of the molecule is C[C@H]1CCC[C@H](C(=O)O)C1Nc1c(F)cnc2c(-c3cc(F)cnc3N)n[nH]c12. The van der Waals surface area contributed by atoms with E-state index in [2.05, 4.69) is 25.5 Å². The number of hydrogen-bond acceptors (Lipinski definition) is 6. The van der Waals surface area contributed by atoms with Gasteiger partial charge in [-0.1, -0.05) is 13.3 Å². The van der Waals surface area contributed by atoms with Gasteiger partial charge < -0.3 is 16.2 Å². The minimum Gasteiger partial charge on any atom is -0.481 e. The molecule has 0 radical (unpaired) electrons. The zero-order valence-corrected chi connectivity index (χ0v) is 15.6. The molecule has 0 aliphatic heterocycles. The van der Waals surface area contributed by atoms with E-state index in [-0.39, 0.29) is 39.7 Å². The van der Waals surface area contributed by atoms with Crippen molar-refractivity contribution in [3.8, 4) is 11.3 Å². The second-order valence-corrected chi connectivity index (χ2v) is 7.39. The first kappa shape index (κ1) is 19.0. The lowest BCUT2D eigenvalue weighted by molar-refractivity contribution is -0.143. The quantitative estimate of drug-likeness (QED) is 0.527. The highest BCUT2D eigenvalue weighted by atomic mass is 19.1. The van der Waals surface area contributed by atoms with Crippen LogP contribution in [0.2, 0.25) is 0 Å². The molecule has 1 aliphatic rings. The Morgan fingerprint density at radius 3 is 2.86 bits per heavy atom. The summed E-state index contributed by atoms with van der Waals surface area (Å²) in [7, 11) is 0. The van der Waals surface area contributed by atoms with Gasteiger partial charge in [-0.05, 0) is 24.8 Å². The minimum absolute atomic E-state index is 0.0397. The van der Waals surface area contributed by atoms with Crippen LogP contribution in [0.5, 0.6) is 0 Å². The maximum atomic E-state index is 14.7. The number of carboxylic acids is 1. The zero-order valence-electron chi connectivity index (χ0n) is 15.6. The molecule has 3 heterocycles. The largest absolute Gasteiger partial charge is 0.481 e. The van der Waals surface area contributed by atoms with Crippen molar-refractivity contribution in [2.45, 2.75) is 32.2 Å². The molecule has 1 unspecified atom stereocenters. The molecule has 1 saturated carbocycles. The average molecular weight is 402 g/mol. The van der Waals surface area contributed by atoms with E-state index < -0.39 is 29.6 Å². The number of aromatic amines is 1. The van der Waals surface area contributed by atoms with Crippen molar-refractivity contribution in [3.05, 3.63) is 30.1 Å². The summed E-state index contributed by atoms with van der Waals surface area (Å²) in [6.07, 6.45) is 4.19. The summed E-state index contributed by atoms with van der Waals surface area (Å²) in [6.45, 7) is 1.94. The van der Waals surface area contributed by atoms with Gasteiger partial charge in [-0.2, -0.15) is 5.10 Å². The van der Waals surface area contributed by atoms with Gasteiger partial charge in [0, 0.05) is 11.6 Å². The molecule has 3 aromatic heterocycles. The second-order valence-electron chi connectivity index (χ2n) is 7.39. The molecule has 0 saturated heterocycles. The Hall–Kier alpha value is -3.30. The molecule has 0 bridgehead atoms. The van der Waals surface area contributed by atoms with Crippen LogP contribution < -0.4 is 11.1 Å². The number of halogens is 2. The molecule has 29 heavy (non-hydrogen) atoms. The van der Waals surface area contributed by atoms with Crippen molar-refractivity contribution in [2.24, 2.45) is 11.8 Å². The average Bonchev–Trinajstić information content (AvgIpc) is 3.11. The third kappa shape index (κ3) is 3.34. The first-order valence-corrected chi connectivity index (χ1v) is 9.30. The number of hydrogen-bond donors (Lipinski definition) is 4. The normalized spacial score (nSPS) is 22.0. The monoisotopic (exact) mass is 402 g/mol. The van der Waals surface area contributed by atoms with Crippen molar-refractivity contribution < 1.29 is 18.7 Å². The maximum absolute atomic E-state index is 14.7. The van der Waals surface area contributed by atoms with E-state index in [1.807, 2.05) is 6.92 Å². The number of aromatic nitrogens is 4. The van der Waals surface area contributed by atoms with Crippen LogP contribution in [0.3, 0.4) is 0 Å². The van der Waals surface area contributed by atoms with Crippen LogP contribution in [0.4, 0.5) is 20.3 Å². The predicted molar refractivity (Wildman–Crippen MR) is 103 cm³/mol. The van der Waals surface area contributed by atoms with Crippen molar-refractivity contribution in [2.75, 3.05) is 11.1 Å². The Bertz CT molecular complexity index is 1090. The zero-order chi connectivity index (χ0) is 20.7. The minimum atomic E-state index is -0.913. The standard InChI is InChI=1S/C19H20F2N6O2/c1-8-3-2-4-10(19(28)29)13(8)25-15-12(21)7-23-16-14(26-27-17(15)16)11-5-9(20)6-24-18(11)22/h5-8,10,13H,2-4H2,1H3,(H2,22,24)(H,23,25)(H,26,27)(H,28,29)/t8-,10-,13?/m0/s1. The summed E-state index contributed by atoms with van der Waals surface area (Å²) >= 11 is 0. The number of nitrogens with two attached hydrogens (primary N) is 1. The maximum Gasteiger partial charge on any atom is 0.308 e. The van der Waals surface area contributed by atoms with Gasteiger partial charge in [0.15, 0.2) is 5.82 Å². The van der Waals surface area contributed by atoms with Crippen LogP contribution in [0, 0.1) is 23.5 Å². The van der Waals surface area contributed by atoms with E-state index in [4.69, 9.17) is 5.73 Å². The molecule has 3 aromatic rings. The third-order valence-corrected chi connectivity index (χ3v) is 5.53. The molecular formula is C19H20F2N6O2. The Morgan fingerprint density at radius 2 is 2.10 bits per heavy atom. The summed E-state index contributed by atoms with van der Waals surface area (Å²) in [5.41, 5.74) is 6.93. The second kappa shape index (κ2) is 7.26. The number of pyridine rings is 2. The number of carbonyl (C=O) groups is 1. The van der Waals surface area contributed by atoms with Gasteiger partial charge in [-0.25, -0.2) is 18.7 Å². The number of nitrogens with zero attached hydrogens (tertiary/aromatic N) is 3. The highest BCUT2D eigenvalue weighted by molar-refractivity contribution is 5.98. The fourth-order valence-corrected chi connectivity index (χ4v) is 4.01. The molecule has 5 N–H and O–H groups in total. The van der Waals surface area contributed by atoms with Crippen molar-refractivity contribution in [1.29, 1.82) is 0 Å². The van der Waals surface area contributed by atoms with Gasteiger partial charge in [0.25, 0.3) is 0 Å². The highest BCUT2D eigenvalue weighted by Gasteiger charge is 2.36. The molecule has 1 aliphatic carbocycles. The summed E-state index contributed by atoms with van der Waals surface area (Å²) in [5.74, 6) is -2.67.